The molecule has 5 nitrogen and oxygen atoms in total. The van der Waals surface area contributed by atoms with Crippen molar-refractivity contribution >= 4 is 5.82 Å². The van der Waals surface area contributed by atoms with Crippen LogP contribution >= 0.6 is 0 Å². The molecule has 2 rings (SSSR count). The van der Waals surface area contributed by atoms with Crippen LogP contribution in [0.4, 0.5) is 5.82 Å². The number of hydrogen-bond acceptors (Lipinski definition) is 4. The molecule has 5 heteroatoms. The Labute approximate surface area is 114 Å². The summed E-state index contributed by atoms with van der Waals surface area (Å²) in [6, 6.07) is 1.99. The average Bonchev–Trinajstić information content (AvgIpc) is 2.45. The van der Waals surface area contributed by atoms with Crippen LogP contribution in [0.5, 0.6) is 0 Å². The van der Waals surface area contributed by atoms with Gasteiger partial charge in [0.25, 0.3) is 5.56 Å². The Balaban J connectivity index is 2.24. The van der Waals surface area contributed by atoms with Crippen LogP contribution in [-0.4, -0.2) is 29.6 Å². The molecule has 1 saturated carbocycles. The summed E-state index contributed by atoms with van der Waals surface area (Å²) in [4.78, 5) is 21.1. The van der Waals surface area contributed by atoms with Crippen LogP contribution in [0, 0.1) is 5.92 Å². The summed E-state index contributed by atoms with van der Waals surface area (Å²) >= 11 is 0. The van der Waals surface area contributed by atoms with Crippen molar-refractivity contribution in [1.82, 2.24) is 9.97 Å². The molecule has 1 aliphatic rings. The van der Waals surface area contributed by atoms with Gasteiger partial charge in [0.1, 0.15) is 11.6 Å². The van der Waals surface area contributed by atoms with Crippen LogP contribution in [0.2, 0.25) is 0 Å². The molecule has 2 unspecified atom stereocenters. The molecule has 1 aromatic rings. The SMILES string of the molecule is CCc1nc(N(C)C2CCCCC2CN)cc(=O)[nH]1. The van der Waals surface area contributed by atoms with Crippen molar-refractivity contribution in [2.24, 2.45) is 11.7 Å². The van der Waals surface area contributed by atoms with Crippen molar-refractivity contribution < 1.29 is 0 Å². The Hall–Kier alpha value is -1.36. The number of hydrogen-bond donors (Lipinski definition) is 2. The summed E-state index contributed by atoms with van der Waals surface area (Å²) in [6.45, 7) is 2.70. The highest BCUT2D eigenvalue weighted by Crippen LogP contribution is 2.29. The molecule has 0 aliphatic heterocycles. The second-order valence-electron chi connectivity index (χ2n) is 5.36. The Morgan fingerprint density at radius 1 is 1.47 bits per heavy atom. The van der Waals surface area contributed by atoms with Crippen molar-refractivity contribution in [3.8, 4) is 0 Å². The summed E-state index contributed by atoms with van der Waals surface area (Å²) in [5.74, 6) is 2.02. The number of nitrogens with two attached hydrogens (primary N) is 1. The van der Waals surface area contributed by atoms with Gasteiger partial charge in [0, 0.05) is 25.6 Å². The van der Waals surface area contributed by atoms with Crippen LogP contribution < -0.4 is 16.2 Å². The van der Waals surface area contributed by atoms with E-state index in [9.17, 15) is 4.79 Å². The number of H-pyrrole nitrogens is 1. The van der Waals surface area contributed by atoms with E-state index in [1.165, 1.54) is 19.3 Å². The lowest BCUT2D eigenvalue weighted by molar-refractivity contribution is 0.305. The first-order chi connectivity index (χ1) is 9.15. The second-order valence-corrected chi connectivity index (χ2v) is 5.36. The van der Waals surface area contributed by atoms with E-state index in [-0.39, 0.29) is 5.56 Å². The molecule has 0 spiro atoms. The van der Waals surface area contributed by atoms with Crippen molar-refractivity contribution in [2.75, 3.05) is 18.5 Å². The first-order valence-corrected chi connectivity index (χ1v) is 7.18. The minimum Gasteiger partial charge on any atom is -0.356 e. The molecular weight excluding hydrogens is 240 g/mol. The van der Waals surface area contributed by atoms with Crippen LogP contribution in [0.1, 0.15) is 38.4 Å². The van der Waals surface area contributed by atoms with E-state index in [0.717, 1.165) is 24.5 Å². The zero-order chi connectivity index (χ0) is 13.8. The molecule has 19 heavy (non-hydrogen) atoms. The van der Waals surface area contributed by atoms with Gasteiger partial charge in [0.2, 0.25) is 0 Å². The number of anilines is 1. The van der Waals surface area contributed by atoms with Crippen molar-refractivity contribution in [3.05, 3.63) is 22.2 Å². The predicted octanol–water partition coefficient (Wildman–Crippen LogP) is 1.29. The number of nitrogens with zero attached hydrogens (tertiary/aromatic N) is 2. The standard InChI is InChI=1S/C14H24N4O/c1-3-12-16-13(8-14(19)17-12)18(2)11-7-5-4-6-10(11)9-15/h8,10-11H,3-7,9,15H2,1-2H3,(H,16,17,19). The number of aromatic nitrogens is 2. The van der Waals surface area contributed by atoms with Crippen LogP contribution in [0.25, 0.3) is 0 Å². The minimum atomic E-state index is -0.0752. The van der Waals surface area contributed by atoms with E-state index in [4.69, 9.17) is 5.73 Å². The zero-order valence-electron chi connectivity index (χ0n) is 11.9. The van der Waals surface area contributed by atoms with Crippen LogP contribution in [0.15, 0.2) is 10.9 Å². The molecule has 0 bridgehead atoms. The molecule has 1 aromatic heterocycles. The van der Waals surface area contributed by atoms with Crippen LogP contribution in [-0.2, 0) is 6.42 Å². The molecule has 1 heterocycles. The van der Waals surface area contributed by atoms with Gasteiger partial charge in [0.05, 0.1) is 0 Å². The van der Waals surface area contributed by atoms with Gasteiger partial charge in [-0.05, 0) is 25.3 Å². The first-order valence-electron chi connectivity index (χ1n) is 7.18. The molecule has 1 fully saturated rings. The lowest BCUT2D eigenvalue weighted by Gasteiger charge is -2.38. The Bertz CT molecular complexity index is 471. The highest BCUT2D eigenvalue weighted by atomic mass is 16.1. The van der Waals surface area contributed by atoms with E-state index in [0.29, 0.717) is 18.5 Å². The highest BCUT2D eigenvalue weighted by Gasteiger charge is 2.28. The van der Waals surface area contributed by atoms with E-state index >= 15 is 0 Å². The molecule has 1 aliphatic carbocycles. The fourth-order valence-corrected chi connectivity index (χ4v) is 2.98. The van der Waals surface area contributed by atoms with E-state index < -0.39 is 0 Å². The fraction of sp³-hybridized carbons (Fsp3) is 0.714. The van der Waals surface area contributed by atoms with Gasteiger partial charge >= 0.3 is 0 Å². The van der Waals surface area contributed by atoms with Gasteiger partial charge in [-0.25, -0.2) is 4.98 Å². The van der Waals surface area contributed by atoms with Gasteiger partial charge in [-0.2, -0.15) is 0 Å². The summed E-state index contributed by atoms with van der Waals surface area (Å²) < 4.78 is 0. The third-order valence-corrected chi connectivity index (χ3v) is 4.14. The number of nitrogens with one attached hydrogen (secondary N) is 1. The van der Waals surface area contributed by atoms with E-state index in [1.807, 2.05) is 14.0 Å². The van der Waals surface area contributed by atoms with Gasteiger partial charge in [-0.3, -0.25) is 4.79 Å². The summed E-state index contributed by atoms with van der Waals surface area (Å²) in [6.07, 6.45) is 5.54. The number of aryl methyl sites for hydroxylation is 1. The monoisotopic (exact) mass is 264 g/mol. The normalized spacial score (nSPS) is 23.3. The summed E-state index contributed by atoms with van der Waals surface area (Å²) in [5.41, 5.74) is 5.81. The predicted molar refractivity (Wildman–Crippen MR) is 77.4 cm³/mol. The zero-order valence-corrected chi connectivity index (χ0v) is 11.9. The molecule has 3 N–H and O–H groups in total. The molecular formula is C14H24N4O. The first kappa shape index (κ1) is 14.1. The van der Waals surface area contributed by atoms with Crippen molar-refractivity contribution in [1.29, 1.82) is 0 Å². The fourth-order valence-electron chi connectivity index (χ4n) is 2.98. The smallest absolute Gasteiger partial charge is 0.252 e. The molecule has 0 radical (unpaired) electrons. The Morgan fingerprint density at radius 3 is 2.89 bits per heavy atom. The van der Waals surface area contributed by atoms with Gasteiger partial charge < -0.3 is 15.6 Å². The number of rotatable bonds is 4. The number of aromatic amines is 1. The summed E-state index contributed by atoms with van der Waals surface area (Å²) in [5, 5.41) is 0. The topological polar surface area (TPSA) is 75.0 Å². The highest BCUT2D eigenvalue weighted by molar-refractivity contribution is 5.38. The van der Waals surface area contributed by atoms with Crippen molar-refractivity contribution in [2.45, 2.75) is 45.1 Å². The molecule has 0 saturated heterocycles. The molecule has 0 aromatic carbocycles. The quantitative estimate of drug-likeness (QED) is 0.859. The summed E-state index contributed by atoms with van der Waals surface area (Å²) in [7, 11) is 2.03. The molecule has 2 atom stereocenters. The average molecular weight is 264 g/mol. The maximum Gasteiger partial charge on any atom is 0.252 e. The van der Waals surface area contributed by atoms with Crippen molar-refractivity contribution in [3.63, 3.8) is 0 Å². The largest absolute Gasteiger partial charge is 0.356 e. The molecule has 0 amide bonds. The van der Waals surface area contributed by atoms with Gasteiger partial charge in [0.15, 0.2) is 0 Å². The lowest BCUT2D eigenvalue weighted by Crippen LogP contribution is -2.44. The second kappa shape index (κ2) is 6.19. The third-order valence-electron chi connectivity index (χ3n) is 4.14. The minimum absolute atomic E-state index is 0.0752. The maximum atomic E-state index is 11.7. The lowest BCUT2D eigenvalue weighted by atomic mass is 9.84. The van der Waals surface area contributed by atoms with E-state index in [2.05, 4.69) is 14.9 Å². The Morgan fingerprint density at radius 2 is 2.21 bits per heavy atom. The van der Waals surface area contributed by atoms with E-state index in [1.54, 1.807) is 6.07 Å². The third kappa shape index (κ3) is 3.15. The maximum absolute atomic E-state index is 11.7. The van der Waals surface area contributed by atoms with Gasteiger partial charge in [-0.1, -0.05) is 19.8 Å². The molecule has 106 valence electrons. The van der Waals surface area contributed by atoms with Crippen LogP contribution in [0.3, 0.4) is 0 Å². The Kier molecular flexibility index (Phi) is 4.58. The van der Waals surface area contributed by atoms with Gasteiger partial charge in [-0.15, -0.1) is 0 Å².